The number of nitrogens with zero attached hydrogens (tertiary/aromatic N) is 1. The Morgan fingerprint density at radius 2 is 2.09 bits per heavy atom. The molecule has 0 bridgehead atoms. The van der Waals surface area contributed by atoms with Crippen molar-refractivity contribution in [2.24, 2.45) is 0 Å². The zero-order chi connectivity index (χ0) is 16.3. The van der Waals surface area contributed by atoms with Gasteiger partial charge in [-0.15, -0.1) is 0 Å². The summed E-state index contributed by atoms with van der Waals surface area (Å²) in [6.45, 7) is 5.31. The molecule has 7 heteroatoms. The number of halogens is 2. The zero-order valence-electron chi connectivity index (χ0n) is 12.5. The van der Waals surface area contributed by atoms with Crippen LogP contribution in [0, 0.1) is 0 Å². The Morgan fingerprint density at radius 3 is 2.73 bits per heavy atom. The van der Waals surface area contributed by atoms with Crippen LogP contribution in [0.25, 0.3) is 0 Å². The van der Waals surface area contributed by atoms with E-state index in [1.54, 1.807) is 11.0 Å². The van der Waals surface area contributed by atoms with Gasteiger partial charge in [-0.2, -0.15) is 0 Å². The van der Waals surface area contributed by atoms with Crippen LogP contribution in [0.15, 0.2) is 18.2 Å². The van der Waals surface area contributed by atoms with Crippen LogP contribution in [-0.2, 0) is 9.53 Å². The van der Waals surface area contributed by atoms with Crippen molar-refractivity contribution in [3.63, 3.8) is 0 Å². The topological polar surface area (TPSA) is 58.6 Å². The second kappa shape index (κ2) is 6.86. The molecule has 0 radical (unpaired) electrons. The van der Waals surface area contributed by atoms with E-state index in [4.69, 9.17) is 27.9 Å². The summed E-state index contributed by atoms with van der Waals surface area (Å²) in [6.07, 6.45) is 0. The fraction of sp³-hybridized carbons (Fsp3) is 0.467. The number of ether oxygens (including phenoxy) is 1. The molecular weight excluding hydrogens is 327 g/mol. The Bertz CT molecular complexity index is 590. The van der Waals surface area contributed by atoms with Gasteiger partial charge in [-0.1, -0.05) is 23.2 Å². The maximum atomic E-state index is 12.2. The Balaban J connectivity index is 1.92. The van der Waals surface area contributed by atoms with E-state index in [0.29, 0.717) is 30.3 Å². The van der Waals surface area contributed by atoms with Crippen molar-refractivity contribution in [1.82, 2.24) is 10.2 Å². The molecule has 1 aromatic carbocycles. The number of benzene rings is 1. The molecule has 1 aromatic rings. The number of rotatable bonds is 3. The van der Waals surface area contributed by atoms with E-state index in [2.05, 4.69) is 5.32 Å². The number of carbonyl (C=O) groups excluding carboxylic acids is 2. The predicted octanol–water partition coefficient (Wildman–Crippen LogP) is 2.36. The first kappa shape index (κ1) is 17.1. The Labute approximate surface area is 139 Å². The quantitative estimate of drug-likeness (QED) is 0.915. The largest absolute Gasteiger partial charge is 0.372 e. The molecule has 0 atom stereocenters. The molecule has 1 fully saturated rings. The van der Waals surface area contributed by atoms with Crippen LogP contribution in [-0.4, -0.2) is 48.6 Å². The molecular formula is C15H18Cl2N2O3. The number of nitrogens with one attached hydrogen (secondary N) is 1. The molecule has 0 saturated carbocycles. The molecule has 2 rings (SSSR count). The van der Waals surface area contributed by atoms with Gasteiger partial charge in [0.2, 0.25) is 5.91 Å². The van der Waals surface area contributed by atoms with Gasteiger partial charge in [-0.05, 0) is 32.0 Å². The van der Waals surface area contributed by atoms with Gasteiger partial charge in [-0.3, -0.25) is 9.59 Å². The lowest BCUT2D eigenvalue weighted by atomic mass is 10.1. The van der Waals surface area contributed by atoms with Crippen LogP contribution >= 0.6 is 23.2 Å². The Morgan fingerprint density at radius 1 is 1.36 bits per heavy atom. The van der Waals surface area contributed by atoms with E-state index in [1.807, 2.05) is 13.8 Å². The normalized spacial score (nSPS) is 17.2. The van der Waals surface area contributed by atoms with Crippen molar-refractivity contribution in [3.05, 3.63) is 33.8 Å². The van der Waals surface area contributed by atoms with E-state index in [9.17, 15) is 9.59 Å². The lowest BCUT2D eigenvalue weighted by Gasteiger charge is -2.38. The Kier molecular flexibility index (Phi) is 5.32. The highest BCUT2D eigenvalue weighted by molar-refractivity contribution is 6.36. The molecule has 1 N–H and O–H groups in total. The lowest BCUT2D eigenvalue weighted by Crippen LogP contribution is -2.52. The molecule has 5 nitrogen and oxygen atoms in total. The summed E-state index contributed by atoms with van der Waals surface area (Å²) in [7, 11) is 0. The standard InChI is InChI=1S/C15H18Cl2N2O3/c1-15(2)9-19(5-6-22-15)13(20)8-18-14(21)11-4-3-10(16)7-12(11)17/h3-4,7H,5-6,8-9H2,1-2H3,(H,18,21). The fourth-order valence-corrected chi connectivity index (χ4v) is 2.76. The molecule has 1 heterocycles. The molecule has 22 heavy (non-hydrogen) atoms. The molecule has 2 amide bonds. The lowest BCUT2D eigenvalue weighted by molar-refractivity contribution is -0.144. The van der Waals surface area contributed by atoms with Crippen LogP contribution in [0.4, 0.5) is 0 Å². The van der Waals surface area contributed by atoms with E-state index in [-0.39, 0.29) is 23.1 Å². The third-order valence-electron chi connectivity index (χ3n) is 3.35. The first-order valence-electron chi connectivity index (χ1n) is 6.93. The van der Waals surface area contributed by atoms with Crippen molar-refractivity contribution >= 4 is 35.0 Å². The SMILES string of the molecule is CC1(C)CN(C(=O)CNC(=O)c2ccc(Cl)cc2Cl)CCO1. The second-order valence-corrected chi connectivity index (χ2v) is 6.57. The van der Waals surface area contributed by atoms with Crippen LogP contribution in [0.5, 0.6) is 0 Å². The van der Waals surface area contributed by atoms with Crippen molar-refractivity contribution in [3.8, 4) is 0 Å². The minimum atomic E-state index is -0.400. The van der Waals surface area contributed by atoms with Crippen LogP contribution < -0.4 is 5.32 Å². The zero-order valence-corrected chi connectivity index (χ0v) is 14.0. The second-order valence-electron chi connectivity index (χ2n) is 5.73. The van der Waals surface area contributed by atoms with Gasteiger partial charge in [0, 0.05) is 18.1 Å². The van der Waals surface area contributed by atoms with Gasteiger partial charge in [0.15, 0.2) is 0 Å². The maximum absolute atomic E-state index is 12.2. The molecule has 0 aromatic heterocycles. The van der Waals surface area contributed by atoms with Gasteiger partial charge in [0.1, 0.15) is 0 Å². The van der Waals surface area contributed by atoms with Gasteiger partial charge < -0.3 is 15.0 Å². The number of carbonyl (C=O) groups is 2. The third kappa shape index (κ3) is 4.35. The molecule has 0 unspecified atom stereocenters. The van der Waals surface area contributed by atoms with E-state index in [1.165, 1.54) is 12.1 Å². The number of hydrogen-bond donors (Lipinski definition) is 1. The minimum Gasteiger partial charge on any atom is -0.372 e. The first-order chi connectivity index (χ1) is 10.3. The molecule has 1 aliphatic heterocycles. The van der Waals surface area contributed by atoms with Crippen molar-refractivity contribution < 1.29 is 14.3 Å². The van der Waals surface area contributed by atoms with Crippen LogP contribution in [0.3, 0.4) is 0 Å². The van der Waals surface area contributed by atoms with Crippen molar-refractivity contribution in [1.29, 1.82) is 0 Å². The first-order valence-corrected chi connectivity index (χ1v) is 7.69. The average molecular weight is 345 g/mol. The molecule has 0 aliphatic carbocycles. The maximum Gasteiger partial charge on any atom is 0.253 e. The molecule has 0 spiro atoms. The number of morpholine rings is 1. The van der Waals surface area contributed by atoms with Crippen molar-refractivity contribution in [2.45, 2.75) is 19.4 Å². The van der Waals surface area contributed by atoms with Crippen molar-refractivity contribution in [2.75, 3.05) is 26.2 Å². The summed E-state index contributed by atoms with van der Waals surface area (Å²) < 4.78 is 5.56. The molecule has 120 valence electrons. The third-order valence-corrected chi connectivity index (χ3v) is 3.90. The fourth-order valence-electron chi connectivity index (χ4n) is 2.27. The highest BCUT2D eigenvalue weighted by Gasteiger charge is 2.29. The van der Waals surface area contributed by atoms with Gasteiger partial charge >= 0.3 is 0 Å². The smallest absolute Gasteiger partial charge is 0.253 e. The predicted molar refractivity (Wildman–Crippen MR) is 85.4 cm³/mol. The Hall–Kier alpha value is -1.30. The summed E-state index contributed by atoms with van der Waals surface area (Å²) in [6, 6.07) is 4.60. The van der Waals surface area contributed by atoms with E-state index >= 15 is 0 Å². The number of hydrogen-bond acceptors (Lipinski definition) is 3. The average Bonchev–Trinajstić information content (AvgIpc) is 2.43. The van der Waals surface area contributed by atoms with Crippen LogP contribution in [0.2, 0.25) is 10.0 Å². The monoisotopic (exact) mass is 344 g/mol. The summed E-state index contributed by atoms with van der Waals surface area (Å²) in [5, 5.41) is 3.29. The molecule has 1 saturated heterocycles. The van der Waals surface area contributed by atoms with Crippen LogP contribution in [0.1, 0.15) is 24.2 Å². The van der Waals surface area contributed by atoms with Gasteiger partial charge in [-0.25, -0.2) is 0 Å². The minimum absolute atomic E-state index is 0.0755. The van der Waals surface area contributed by atoms with Gasteiger partial charge in [0.05, 0.1) is 29.3 Å². The summed E-state index contributed by atoms with van der Waals surface area (Å²) in [5.41, 5.74) is -0.0709. The van der Waals surface area contributed by atoms with E-state index in [0.717, 1.165) is 0 Å². The van der Waals surface area contributed by atoms with E-state index < -0.39 is 5.91 Å². The summed E-state index contributed by atoms with van der Waals surface area (Å²) in [5.74, 6) is -0.544. The summed E-state index contributed by atoms with van der Waals surface area (Å²) >= 11 is 11.8. The molecule has 1 aliphatic rings. The number of amides is 2. The highest BCUT2D eigenvalue weighted by Crippen LogP contribution is 2.21. The highest BCUT2D eigenvalue weighted by atomic mass is 35.5. The van der Waals surface area contributed by atoms with Gasteiger partial charge in [0.25, 0.3) is 5.91 Å². The summed E-state index contributed by atoms with van der Waals surface area (Å²) in [4.78, 5) is 25.9.